The Morgan fingerprint density at radius 1 is 1.10 bits per heavy atom. The molecule has 0 aromatic rings. The number of hydrogen-bond donors (Lipinski definition) is 1. The molecule has 1 N–H and O–H groups in total. The van der Waals surface area contributed by atoms with E-state index in [0.29, 0.717) is 10.8 Å². The van der Waals surface area contributed by atoms with E-state index in [-0.39, 0.29) is 5.60 Å². The van der Waals surface area contributed by atoms with Gasteiger partial charge in [0.1, 0.15) is 0 Å². The van der Waals surface area contributed by atoms with Crippen LogP contribution in [0.3, 0.4) is 0 Å². The van der Waals surface area contributed by atoms with Gasteiger partial charge in [-0.15, -0.1) is 0 Å². The third kappa shape index (κ3) is 3.34. The molecule has 0 amide bonds. The third-order valence-corrected chi connectivity index (χ3v) is 6.98. The zero-order valence-electron chi connectivity index (χ0n) is 12.8. The van der Waals surface area contributed by atoms with Gasteiger partial charge < -0.3 is 14.8 Å². The molecule has 1 saturated carbocycles. The molecule has 2 saturated heterocycles. The molecule has 0 aromatic carbocycles. The van der Waals surface area contributed by atoms with Gasteiger partial charge in [-0.05, 0) is 44.8 Å². The van der Waals surface area contributed by atoms with Crippen molar-refractivity contribution in [2.24, 2.45) is 0 Å². The van der Waals surface area contributed by atoms with E-state index in [1.807, 2.05) is 0 Å². The Hall–Kier alpha value is 0.230. The second-order valence-corrected chi connectivity index (χ2v) is 8.08. The lowest BCUT2D eigenvalue weighted by Crippen LogP contribution is -2.51. The lowest BCUT2D eigenvalue weighted by atomic mass is 9.84. The van der Waals surface area contributed by atoms with E-state index in [2.05, 4.69) is 23.3 Å². The first-order valence-electron chi connectivity index (χ1n) is 8.26. The van der Waals surface area contributed by atoms with Crippen LogP contribution in [-0.4, -0.2) is 49.0 Å². The highest BCUT2D eigenvalue weighted by Gasteiger charge is 2.40. The first-order valence-corrected chi connectivity index (χ1v) is 9.49. The standard InChI is InChI=1S/C16H29NO2S/c1-20-16(5-2-3-6-16)13-17-14-4-9-19-15(12-14)7-10-18-11-8-15/h14,17H,2-13H2,1H3. The third-order valence-electron chi connectivity index (χ3n) is 5.56. The topological polar surface area (TPSA) is 30.5 Å². The maximum Gasteiger partial charge on any atom is 0.0741 e. The van der Waals surface area contributed by atoms with Gasteiger partial charge in [-0.25, -0.2) is 0 Å². The van der Waals surface area contributed by atoms with Crippen LogP contribution in [0.5, 0.6) is 0 Å². The fourth-order valence-corrected chi connectivity index (χ4v) is 5.02. The predicted molar refractivity (Wildman–Crippen MR) is 84.5 cm³/mol. The van der Waals surface area contributed by atoms with E-state index < -0.39 is 0 Å². The molecule has 0 aromatic heterocycles. The molecular weight excluding hydrogens is 270 g/mol. The molecule has 20 heavy (non-hydrogen) atoms. The van der Waals surface area contributed by atoms with E-state index in [1.165, 1.54) is 45.1 Å². The van der Waals surface area contributed by atoms with Gasteiger partial charge >= 0.3 is 0 Å². The number of nitrogens with one attached hydrogen (secondary N) is 1. The van der Waals surface area contributed by atoms with Crippen molar-refractivity contribution in [3.05, 3.63) is 0 Å². The van der Waals surface area contributed by atoms with Crippen molar-refractivity contribution in [1.29, 1.82) is 0 Å². The van der Waals surface area contributed by atoms with E-state index >= 15 is 0 Å². The van der Waals surface area contributed by atoms with Crippen molar-refractivity contribution in [3.8, 4) is 0 Å². The molecule has 1 spiro atoms. The molecule has 2 heterocycles. The summed E-state index contributed by atoms with van der Waals surface area (Å²) < 4.78 is 12.2. The SMILES string of the molecule is CSC1(CNC2CCOC3(CCOCC3)C2)CCCC1. The second-order valence-electron chi connectivity index (χ2n) is 6.81. The lowest BCUT2D eigenvalue weighted by molar-refractivity contribution is -0.140. The summed E-state index contributed by atoms with van der Waals surface area (Å²) >= 11 is 2.08. The van der Waals surface area contributed by atoms with Crippen LogP contribution in [0.1, 0.15) is 51.4 Å². The number of thioether (sulfide) groups is 1. The summed E-state index contributed by atoms with van der Waals surface area (Å²) in [6.07, 6.45) is 12.4. The van der Waals surface area contributed by atoms with Crippen LogP contribution < -0.4 is 5.32 Å². The maximum absolute atomic E-state index is 6.13. The summed E-state index contributed by atoms with van der Waals surface area (Å²) in [4.78, 5) is 0. The molecular formula is C16H29NO2S. The molecule has 0 bridgehead atoms. The summed E-state index contributed by atoms with van der Waals surface area (Å²) in [7, 11) is 0. The fourth-order valence-electron chi connectivity index (χ4n) is 4.10. The Bertz CT molecular complexity index is 306. The van der Waals surface area contributed by atoms with Crippen molar-refractivity contribution >= 4 is 11.8 Å². The van der Waals surface area contributed by atoms with Crippen molar-refractivity contribution in [2.75, 3.05) is 32.6 Å². The highest BCUT2D eigenvalue weighted by Crippen LogP contribution is 2.40. The van der Waals surface area contributed by atoms with E-state index in [0.717, 1.165) is 32.7 Å². The molecule has 1 aliphatic carbocycles. The Labute approximate surface area is 127 Å². The fraction of sp³-hybridized carbons (Fsp3) is 1.00. The van der Waals surface area contributed by atoms with Gasteiger partial charge in [0.25, 0.3) is 0 Å². The van der Waals surface area contributed by atoms with Gasteiger partial charge in [0.05, 0.1) is 5.60 Å². The molecule has 0 radical (unpaired) electrons. The smallest absolute Gasteiger partial charge is 0.0741 e. The van der Waals surface area contributed by atoms with Crippen molar-refractivity contribution in [3.63, 3.8) is 0 Å². The predicted octanol–water partition coefficient (Wildman–Crippen LogP) is 2.98. The Balaban J connectivity index is 1.52. The van der Waals surface area contributed by atoms with Crippen LogP contribution in [0.25, 0.3) is 0 Å². The molecule has 3 aliphatic rings. The lowest BCUT2D eigenvalue weighted by Gasteiger charge is -2.44. The monoisotopic (exact) mass is 299 g/mol. The van der Waals surface area contributed by atoms with Crippen LogP contribution in [-0.2, 0) is 9.47 Å². The van der Waals surface area contributed by atoms with Gasteiger partial charge in [-0.1, -0.05) is 12.8 Å². The molecule has 3 rings (SSSR count). The minimum absolute atomic E-state index is 0.121. The number of rotatable bonds is 4. The summed E-state index contributed by atoms with van der Waals surface area (Å²) in [5, 5.41) is 3.89. The first-order chi connectivity index (χ1) is 9.76. The van der Waals surface area contributed by atoms with E-state index in [9.17, 15) is 0 Å². The van der Waals surface area contributed by atoms with Crippen molar-refractivity contribution < 1.29 is 9.47 Å². The molecule has 3 fully saturated rings. The molecule has 3 nitrogen and oxygen atoms in total. The quantitative estimate of drug-likeness (QED) is 0.864. The molecule has 116 valence electrons. The van der Waals surface area contributed by atoms with Crippen molar-refractivity contribution in [1.82, 2.24) is 5.32 Å². The largest absolute Gasteiger partial charge is 0.381 e. The van der Waals surface area contributed by atoms with Gasteiger partial charge in [0, 0.05) is 37.2 Å². The Morgan fingerprint density at radius 3 is 2.55 bits per heavy atom. The van der Waals surface area contributed by atoms with Crippen molar-refractivity contribution in [2.45, 2.75) is 67.8 Å². The Morgan fingerprint density at radius 2 is 1.85 bits per heavy atom. The minimum atomic E-state index is 0.121. The zero-order chi connectivity index (χ0) is 13.9. The van der Waals surface area contributed by atoms with Crippen LogP contribution in [0, 0.1) is 0 Å². The summed E-state index contributed by atoms with van der Waals surface area (Å²) in [6, 6.07) is 0.645. The van der Waals surface area contributed by atoms with Crippen LogP contribution >= 0.6 is 11.8 Å². The Kier molecular flexibility index (Phi) is 4.96. The minimum Gasteiger partial charge on any atom is -0.381 e. The first kappa shape index (κ1) is 15.1. The van der Waals surface area contributed by atoms with E-state index in [4.69, 9.17) is 9.47 Å². The molecule has 2 aliphatic heterocycles. The molecule has 1 atom stereocenters. The van der Waals surface area contributed by atoms with Gasteiger partial charge in [-0.3, -0.25) is 0 Å². The number of hydrogen-bond acceptors (Lipinski definition) is 4. The normalized spacial score (nSPS) is 32.5. The summed E-state index contributed by atoms with van der Waals surface area (Å²) in [5.41, 5.74) is 0.121. The maximum atomic E-state index is 6.13. The van der Waals surface area contributed by atoms with E-state index in [1.54, 1.807) is 0 Å². The zero-order valence-corrected chi connectivity index (χ0v) is 13.6. The molecule has 4 heteroatoms. The van der Waals surface area contributed by atoms with Crippen LogP contribution in [0.15, 0.2) is 0 Å². The number of ether oxygens (including phenoxy) is 2. The summed E-state index contributed by atoms with van der Waals surface area (Å²) in [5.74, 6) is 0. The average Bonchev–Trinajstić information content (AvgIpc) is 2.96. The van der Waals surface area contributed by atoms with Gasteiger partial charge in [0.15, 0.2) is 0 Å². The highest BCUT2D eigenvalue weighted by molar-refractivity contribution is 8.00. The van der Waals surface area contributed by atoms with Crippen LogP contribution in [0.2, 0.25) is 0 Å². The highest BCUT2D eigenvalue weighted by atomic mass is 32.2. The van der Waals surface area contributed by atoms with Crippen LogP contribution in [0.4, 0.5) is 0 Å². The summed E-state index contributed by atoms with van der Waals surface area (Å²) in [6.45, 7) is 3.86. The van der Waals surface area contributed by atoms with Gasteiger partial charge in [-0.2, -0.15) is 11.8 Å². The second kappa shape index (κ2) is 6.55. The average molecular weight is 299 g/mol. The van der Waals surface area contributed by atoms with Gasteiger partial charge in [0.2, 0.25) is 0 Å². The molecule has 1 unspecified atom stereocenters.